The quantitative estimate of drug-likeness (QED) is 0.888. The molecule has 0 spiro atoms. The van der Waals surface area contributed by atoms with Gasteiger partial charge in [-0.25, -0.2) is 4.79 Å². The van der Waals surface area contributed by atoms with Gasteiger partial charge in [-0.3, -0.25) is 9.69 Å². The molecule has 0 radical (unpaired) electrons. The highest BCUT2D eigenvalue weighted by Gasteiger charge is 2.34. The number of benzene rings is 1. The van der Waals surface area contributed by atoms with Crippen LogP contribution in [0.4, 0.5) is 10.5 Å². The molecule has 5 heteroatoms. The molecule has 102 valence electrons. The summed E-state index contributed by atoms with van der Waals surface area (Å²) in [4.78, 5) is 25.2. The van der Waals surface area contributed by atoms with E-state index in [4.69, 9.17) is 0 Å². The predicted molar refractivity (Wildman–Crippen MR) is 71.9 cm³/mol. The highest BCUT2D eigenvalue weighted by Crippen LogP contribution is 2.20. The number of carbonyl (C=O) groups is 2. The fourth-order valence-electron chi connectivity index (χ4n) is 2.24. The minimum atomic E-state index is -0.443. The summed E-state index contributed by atoms with van der Waals surface area (Å²) in [5.74, 6) is -0.160. The van der Waals surface area contributed by atoms with Crippen LogP contribution in [-0.2, 0) is 9.53 Å². The minimum absolute atomic E-state index is 0.160. The number of ether oxygens (including phenoxy) is 1. The first-order chi connectivity index (χ1) is 9.11. The summed E-state index contributed by atoms with van der Waals surface area (Å²) in [5.41, 5.74) is 1.88. The zero-order valence-corrected chi connectivity index (χ0v) is 11.2. The van der Waals surface area contributed by atoms with Crippen molar-refractivity contribution in [2.75, 3.05) is 19.0 Å². The first kappa shape index (κ1) is 13.4. The van der Waals surface area contributed by atoms with E-state index in [1.165, 1.54) is 12.0 Å². The second-order valence-electron chi connectivity index (χ2n) is 4.68. The van der Waals surface area contributed by atoms with Crippen LogP contribution in [0.15, 0.2) is 24.3 Å². The Balaban J connectivity index is 2.03. The molecule has 2 rings (SSSR count). The van der Waals surface area contributed by atoms with Gasteiger partial charge >= 0.3 is 6.09 Å². The van der Waals surface area contributed by atoms with E-state index < -0.39 is 12.1 Å². The molecule has 0 bridgehead atoms. The zero-order chi connectivity index (χ0) is 13.8. The molecule has 0 saturated carbocycles. The van der Waals surface area contributed by atoms with E-state index >= 15 is 0 Å². The molecule has 1 aliphatic heterocycles. The third-order valence-corrected chi connectivity index (χ3v) is 3.28. The fraction of sp³-hybridized carbons (Fsp3) is 0.429. The number of anilines is 1. The van der Waals surface area contributed by atoms with Crippen molar-refractivity contribution in [3.05, 3.63) is 29.8 Å². The van der Waals surface area contributed by atoms with Crippen LogP contribution < -0.4 is 5.32 Å². The van der Waals surface area contributed by atoms with Crippen molar-refractivity contribution in [1.29, 1.82) is 0 Å². The van der Waals surface area contributed by atoms with Crippen molar-refractivity contribution >= 4 is 17.7 Å². The molecule has 1 aromatic carbocycles. The number of hydrogen-bond donors (Lipinski definition) is 1. The van der Waals surface area contributed by atoms with Crippen molar-refractivity contribution in [3.8, 4) is 0 Å². The van der Waals surface area contributed by atoms with Gasteiger partial charge in [0, 0.05) is 12.2 Å². The zero-order valence-electron chi connectivity index (χ0n) is 11.2. The average molecular weight is 262 g/mol. The molecular formula is C14H18N2O3. The number of amides is 2. The van der Waals surface area contributed by atoms with Gasteiger partial charge in [-0.05, 0) is 31.9 Å². The van der Waals surface area contributed by atoms with Gasteiger partial charge in [0.05, 0.1) is 7.11 Å². The van der Waals surface area contributed by atoms with E-state index in [0.29, 0.717) is 13.0 Å². The van der Waals surface area contributed by atoms with Gasteiger partial charge in [-0.2, -0.15) is 0 Å². The van der Waals surface area contributed by atoms with Gasteiger partial charge in [0.2, 0.25) is 5.91 Å². The fourth-order valence-corrected chi connectivity index (χ4v) is 2.24. The number of likely N-dealkylation sites (tertiary alicyclic amines) is 1. The Morgan fingerprint density at radius 3 is 2.63 bits per heavy atom. The number of methoxy groups -OCH3 is 1. The van der Waals surface area contributed by atoms with E-state index in [0.717, 1.165) is 17.7 Å². The summed E-state index contributed by atoms with van der Waals surface area (Å²) in [6.45, 7) is 2.56. The maximum Gasteiger partial charge on any atom is 0.410 e. The smallest absolute Gasteiger partial charge is 0.410 e. The molecule has 1 N–H and O–H groups in total. The lowest BCUT2D eigenvalue weighted by Crippen LogP contribution is -2.43. The summed E-state index contributed by atoms with van der Waals surface area (Å²) < 4.78 is 4.69. The van der Waals surface area contributed by atoms with Crippen molar-refractivity contribution in [2.45, 2.75) is 25.8 Å². The second-order valence-corrected chi connectivity index (χ2v) is 4.68. The molecule has 1 saturated heterocycles. The molecule has 0 aromatic heterocycles. The second kappa shape index (κ2) is 5.73. The molecule has 19 heavy (non-hydrogen) atoms. The normalized spacial score (nSPS) is 18.2. The lowest BCUT2D eigenvalue weighted by atomic mass is 10.2. The molecule has 5 nitrogen and oxygen atoms in total. The third-order valence-electron chi connectivity index (χ3n) is 3.28. The topological polar surface area (TPSA) is 58.6 Å². The Labute approximate surface area is 112 Å². The lowest BCUT2D eigenvalue weighted by molar-refractivity contribution is -0.119. The van der Waals surface area contributed by atoms with Gasteiger partial charge in [0.1, 0.15) is 6.04 Å². The van der Waals surface area contributed by atoms with Gasteiger partial charge in [0.25, 0.3) is 0 Å². The van der Waals surface area contributed by atoms with Crippen molar-refractivity contribution < 1.29 is 14.3 Å². The number of nitrogens with zero attached hydrogens (tertiary/aromatic N) is 1. The molecule has 1 unspecified atom stereocenters. The summed E-state index contributed by atoms with van der Waals surface area (Å²) in [5, 5.41) is 2.83. The molecule has 1 aliphatic rings. The monoisotopic (exact) mass is 262 g/mol. The van der Waals surface area contributed by atoms with Gasteiger partial charge in [-0.1, -0.05) is 17.7 Å². The Morgan fingerprint density at radius 1 is 1.32 bits per heavy atom. The number of aryl methyl sites for hydroxylation is 1. The highest BCUT2D eigenvalue weighted by atomic mass is 16.5. The standard InChI is InChI=1S/C14H18N2O3/c1-10-5-7-11(8-6-10)15-13(17)12-4-3-9-16(12)14(18)19-2/h5-8,12H,3-4,9H2,1-2H3,(H,15,17). The number of nitrogens with one attached hydrogen (secondary N) is 1. The highest BCUT2D eigenvalue weighted by molar-refractivity contribution is 5.96. The van der Waals surface area contributed by atoms with E-state index in [-0.39, 0.29) is 5.91 Å². The van der Waals surface area contributed by atoms with Crippen LogP contribution in [0.1, 0.15) is 18.4 Å². The molecular weight excluding hydrogens is 244 g/mol. The molecule has 1 heterocycles. The van der Waals surface area contributed by atoms with Gasteiger partial charge in [-0.15, -0.1) is 0 Å². The number of rotatable bonds is 2. The van der Waals surface area contributed by atoms with Crippen LogP contribution in [0.5, 0.6) is 0 Å². The van der Waals surface area contributed by atoms with E-state index in [9.17, 15) is 9.59 Å². The van der Waals surface area contributed by atoms with Gasteiger partial charge < -0.3 is 10.1 Å². The average Bonchev–Trinajstić information content (AvgIpc) is 2.90. The van der Waals surface area contributed by atoms with Crippen LogP contribution in [0.25, 0.3) is 0 Å². The SMILES string of the molecule is COC(=O)N1CCCC1C(=O)Nc1ccc(C)cc1. The lowest BCUT2D eigenvalue weighted by Gasteiger charge is -2.22. The summed E-state index contributed by atoms with van der Waals surface area (Å²) in [6, 6.07) is 7.13. The first-order valence-electron chi connectivity index (χ1n) is 6.34. The third kappa shape index (κ3) is 3.05. The first-order valence-corrected chi connectivity index (χ1v) is 6.34. The summed E-state index contributed by atoms with van der Waals surface area (Å²) in [6.07, 6.45) is 1.05. The van der Waals surface area contributed by atoms with Crippen molar-refractivity contribution in [2.24, 2.45) is 0 Å². The van der Waals surface area contributed by atoms with E-state index in [2.05, 4.69) is 10.1 Å². The Morgan fingerprint density at radius 2 is 2.00 bits per heavy atom. The van der Waals surface area contributed by atoms with Crippen LogP contribution in [0.2, 0.25) is 0 Å². The maximum atomic E-state index is 12.2. The maximum absolute atomic E-state index is 12.2. The molecule has 1 aromatic rings. The van der Waals surface area contributed by atoms with Crippen LogP contribution in [0, 0.1) is 6.92 Å². The number of hydrogen-bond acceptors (Lipinski definition) is 3. The van der Waals surface area contributed by atoms with Crippen molar-refractivity contribution in [3.63, 3.8) is 0 Å². The Kier molecular flexibility index (Phi) is 4.04. The van der Waals surface area contributed by atoms with Crippen LogP contribution in [0.3, 0.4) is 0 Å². The molecule has 0 aliphatic carbocycles. The Bertz CT molecular complexity index is 470. The molecule has 1 fully saturated rings. The summed E-state index contributed by atoms with van der Waals surface area (Å²) >= 11 is 0. The number of carbonyl (C=O) groups excluding carboxylic acids is 2. The molecule has 1 atom stereocenters. The van der Waals surface area contributed by atoms with Crippen LogP contribution >= 0.6 is 0 Å². The minimum Gasteiger partial charge on any atom is -0.453 e. The van der Waals surface area contributed by atoms with Crippen LogP contribution in [-0.4, -0.2) is 36.6 Å². The summed E-state index contributed by atoms with van der Waals surface area (Å²) in [7, 11) is 1.33. The largest absolute Gasteiger partial charge is 0.453 e. The van der Waals surface area contributed by atoms with Crippen molar-refractivity contribution in [1.82, 2.24) is 4.90 Å². The predicted octanol–water partition coefficient (Wildman–Crippen LogP) is 2.16. The van der Waals surface area contributed by atoms with Gasteiger partial charge in [0.15, 0.2) is 0 Å². The van der Waals surface area contributed by atoms with E-state index in [1.807, 2.05) is 31.2 Å². The molecule has 2 amide bonds. The van der Waals surface area contributed by atoms with E-state index in [1.54, 1.807) is 0 Å². The Hall–Kier alpha value is -2.04.